The zero-order valence-corrected chi connectivity index (χ0v) is 15.3. The van der Waals surface area contributed by atoms with Gasteiger partial charge in [-0.15, -0.1) is 0 Å². The van der Waals surface area contributed by atoms with Gasteiger partial charge in [-0.1, -0.05) is 6.92 Å². The maximum atomic E-state index is 14.5. The van der Waals surface area contributed by atoms with E-state index in [-0.39, 0.29) is 41.4 Å². The third-order valence-electron chi connectivity index (χ3n) is 3.68. The monoisotopic (exact) mass is 380 g/mol. The Bertz CT molecular complexity index is 802. The van der Waals surface area contributed by atoms with Gasteiger partial charge in [-0.2, -0.15) is 0 Å². The Labute approximate surface area is 155 Å². The van der Waals surface area contributed by atoms with Crippen LogP contribution in [0.15, 0.2) is 24.5 Å². The number of rotatable bonds is 7. The van der Waals surface area contributed by atoms with E-state index in [2.05, 4.69) is 20.0 Å². The van der Waals surface area contributed by atoms with Crippen LogP contribution in [0.25, 0.3) is 11.3 Å². The van der Waals surface area contributed by atoms with E-state index in [9.17, 15) is 13.6 Å². The molecule has 1 amide bonds. The van der Waals surface area contributed by atoms with Gasteiger partial charge in [0, 0.05) is 23.7 Å². The topological polar surface area (TPSA) is 99.4 Å². The summed E-state index contributed by atoms with van der Waals surface area (Å²) in [4.78, 5) is 19.0. The van der Waals surface area contributed by atoms with Gasteiger partial charge in [0.1, 0.15) is 18.0 Å². The van der Waals surface area contributed by atoms with Crippen LogP contribution in [-0.4, -0.2) is 35.8 Å². The molecule has 1 aromatic carbocycles. The highest BCUT2D eigenvalue weighted by atomic mass is 19.1. The highest BCUT2D eigenvalue weighted by Crippen LogP contribution is 2.29. The minimum atomic E-state index is -0.740. The van der Waals surface area contributed by atoms with E-state index in [0.29, 0.717) is 6.42 Å². The number of anilines is 1. The number of nitrogens with two attached hydrogens (primary N) is 1. The van der Waals surface area contributed by atoms with Gasteiger partial charge in [0.25, 0.3) is 0 Å². The predicted molar refractivity (Wildman–Crippen MR) is 96.3 cm³/mol. The van der Waals surface area contributed by atoms with Crippen LogP contribution in [0.4, 0.5) is 19.4 Å². The van der Waals surface area contributed by atoms with Crippen LogP contribution >= 0.6 is 0 Å². The van der Waals surface area contributed by atoms with Crippen molar-refractivity contribution in [2.45, 2.75) is 26.3 Å². The van der Waals surface area contributed by atoms with Gasteiger partial charge in [0.15, 0.2) is 11.6 Å². The quantitative estimate of drug-likeness (QED) is 0.764. The van der Waals surface area contributed by atoms with E-state index >= 15 is 0 Å². The number of carbonyl (C=O) groups is 1. The summed E-state index contributed by atoms with van der Waals surface area (Å²) in [5.74, 6) is -1.43. The Morgan fingerprint density at radius 3 is 2.63 bits per heavy atom. The molecule has 0 aliphatic rings. The molecule has 7 nitrogen and oxygen atoms in total. The van der Waals surface area contributed by atoms with Crippen molar-refractivity contribution in [2.75, 3.05) is 19.0 Å². The summed E-state index contributed by atoms with van der Waals surface area (Å²) in [6.45, 7) is 4.01. The van der Waals surface area contributed by atoms with Crippen molar-refractivity contribution in [3.05, 3.63) is 36.2 Å². The second-order valence-corrected chi connectivity index (χ2v) is 6.30. The number of hydrogen-bond donors (Lipinski definition) is 2. The molecule has 9 heteroatoms. The number of hydrogen-bond acceptors (Lipinski definition) is 6. The van der Waals surface area contributed by atoms with Crippen molar-refractivity contribution in [1.82, 2.24) is 9.97 Å². The number of aromatic nitrogens is 2. The van der Waals surface area contributed by atoms with E-state index in [0.717, 1.165) is 18.5 Å². The summed E-state index contributed by atoms with van der Waals surface area (Å²) < 4.78 is 38.7. The normalized spacial score (nSPS) is 13.0. The molecule has 2 aromatic rings. The average molecular weight is 380 g/mol. The van der Waals surface area contributed by atoms with Crippen LogP contribution in [0.3, 0.4) is 0 Å². The van der Waals surface area contributed by atoms with E-state index in [1.165, 1.54) is 13.2 Å². The summed E-state index contributed by atoms with van der Waals surface area (Å²) in [7, 11) is 1.19. The minimum absolute atomic E-state index is 0.00174. The lowest BCUT2D eigenvalue weighted by Gasteiger charge is -2.16. The van der Waals surface area contributed by atoms with Crippen molar-refractivity contribution >= 4 is 11.9 Å². The van der Waals surface area contributed by atoms with E-state index in [4.69, 9.17) is 10.5 Å². The molecule has 27 heavy (non-hydrogen) atoms. The van der Waals surface area contributed by atoms with Gasteiger partial charge in [0.2, 0.25) is 0 Å². The maximum absolute atomic E-state index is 14.5. The number of halogens is 2. The van der Waals surface area contributed by atoms with Crippen LogP contribution in [0.2, 0.25) is 0 Å². The van der Waals surface area contributed by atoms with Crippen molar-refractivity contribution < 1.29 is 23.0 Å². The van der Waals surface area contributed by atoms with Crippen molar-refractivity contribution in [1.29, 1.82) is 0 Å². The van der Waals surface area contributed by atoms with Crippen LogP contribution < -0.4 is 15.8 Å². The van der Waals surface area contributed by atoms with Crippen LogP contribution in [-0.2, 0) is 4.74 Å². The fourth-order valence-electron chi connectivity index (χ4n) is 2.50. The first-order chi connectivity index (χ1) is 12.8. The first kappa shape index (κ1) is 20.5. The molecule has 146 valence electrons. The Kier molecular flexibility index (Phi) is 7.00. The number of carbonyl (C=O) groups excluding carboxylic acids is 1. The fourth-order valence-corrected chi connectivity index (χ4v) is 2.50. The molecule has 0 aliphatic heterocycles. The molecular formula is C18H22F2N4O3. The maximum Gasteiger partial charge on any atom is 0.412 e. The summed E-state index contributed by atoms with van der Waals surface area (Å²) in [6, 6.07) is 3.27. The molecule has 0 saturated carbocycles. The third kappa shape index (κ3) is 5.85. The first-order valence-electron chi connectivity index (χ1n) is 8.35. The lowest BCUT2D eigenvalue weighted by atomic mass is 10.0. The number of nitrogens with zero attached hydrogens (tertiary/aromatic N) is 2. The molecule has 2 rings (SSSR count). The average Bonchev–Trinajstić information content (AvgIpc) is 2.61. The summed E-state index contributed by atoms with van der Waals surface area (Å²) in [5.41, 5.74) is 5.73. The Morgan fingerprint density at radius 2 is 1.96 bits per heavy atom. The number of ether oxygens (including phenoxy) is 2. The summed E-state index contributed by atoms with van der Waals surface area (Å²) >= 11 is 0. The van der Waals surface area contributed by atoms with Crippen LogP contribution in [0.1, 0.15) is 20.3 Å². The van der Waals surface area contributed by atoms with E-state index < -0.39 is 17.7 Å². The molecule has 0 radical (unpaired) electrons. The number of methoxy groups -OCH3 is 1. The van der Waals surface area contributed by atoms with Crippen LogP contribution in [0, 0.1) is 17.6 Å². The molecular weight excluding hydrogens is 358 g/mol. The molecule has 0 spiro atoms. The standard InChI is InChI=1S/C18H22F2N4O3/c1-10(4-11(2)21)8-27-16-6-13(19)12(5-14(16)20)15-7-17(23-9-22-15)24-18(25)26-3/h5-7,9-11H,4,8,21H2,1-3H3,(H,22,23,24,25). The zero-order valence-electron chi connectivity index (χ0n) is 15.3. The molecule has 0 bridgehead atoms. The molecule has 1 heterocycles. The smallest absolute Gasteiger partial charge is 0.412 e. The third-order valence-corrected chi connectivity index (χ3v) is 3.68. The minimum Gasteiger partial charge on any atom is -0.490 e. The summed E-state index contributed by atoms with van der Waals surface area (Å²) in [6.07, 6.45) is 1.09. The van der Waals surface area contributed by atoms with Gasteiger partial charge in [-0.25, -0.2) is 23.5 Å². The lowest BCUT2D eigenvalue weighted by molar-refractivity contribution is 0.187. The highest BCUT2D eigenvalue weighted by Gasteiger charge is 2.16. The Morgan fingerprint density at radius 1 is 1.22 bits per heavy atom. The van der Waals surface area contributed by atoms with E-state index in [1.54, 1.807) is 0 Å². The Hall–Kier alpha value is -2.81. The van der Waals surface area contributed by atoms with Crippen molar-refractivity contribution in [2.24, 2.45) is 11.7 Å². The largest absolute Gasteiger partial charge is 0.490 e. The highest BCUT2D eigenvalue weighted by molar-refractivity contribution is 5.83. The molecule has 2 atom stereocenters. The molecule has 3 N–H and O–H groups in total. The fraction of sp³-hybridized carbons (Fsp3) is 0.389. The van der Waals surface area contributed by atoms with Gasteiger partial charge < -0.3 is 15.2 Å². The predicted octanol–water partition coefficient (Wildman–Crippen LogP) is 3.35. The zero-order chi connectivity index (χ0) is 20.0. The van der Waals surface area contributed by atoms with Gasteiger partial charge >= 0.3 is 6.09 Å². The van der Waals surface area contributed by atoms with Gasteiger partial charge in [-0.3, -0.25) is 5.32 Å². The van der Waals surface area contributed by atoms with E-state index in [1.807, 2.05) is 13.8 Å². The SMILES string of the molecule is COC(=O)Nc1cc(-c2cc(F)c(OCC(C)CC(C)N)cc2F)ncn1. The number of nitrogens with one attached hydrogen (secondary N) is 1. The lowest BCUT2D eigenvalue weighted by Crippen LogP contribution is -2.21. The van der Waals surface area contributed by atoms with Gasteiger partial charge in [-0.05, 0) is 25.3 Å². The molecule has 0 aliphatic carbocycles. The number of amides is 1. The van der Waals surface area contributed by atoms with Crippen molar-refractivity contribution in [3.8, 4) is 17.0 Å². The molecule has 2 unspecified atom stereocenters. The number of benzene rings is 1. The second kappa shape index (κ2) is 9.22. The molecule has 0 saturated heterocycles. The Balaban J connectivity index is 2.19. The summed E-state index contributed by atoms with van der Waals surface area (Å²) in [5, 5.41) is 2.33. The second-order valence-electron chi connectivity index (χ2n) is 6.30. The first-order valence-corrected chi connectivity index (χ1v) is 8.35. The molecule has 1 aromatic heterocycles. The van der Waals surface area contributed by atoms with Gasteiger partial charge in [0.05, 0.1) is 19.4 Å². The molecule has 0 fully saturated rings. The van der Waals surface area contributed by atoms with Crippen LogP contribution in [0.5, 0.6) is 5.75 Å². The van der Waals surface area contributed by atoms with Crippen molar-refractivity contribution in [3.63, 3.8) is 0 Å².